The molecule has 2 rings (SSSR count). The van der Waals surface area contributed by atoms with E-state index in [0.717, 1.165) is 0 Å². The van der Waals surface area contributed by atoms with Crippen LogP contribution in [0.5, 0.6) is 0 Å². The summed E-state index contributed by atoms with van der Waals surface area (Å²) >= 11 is 0. The molecule has 16 heavy (non-hydrogen) atoms. The van der Waals surface area contributed by atoms with E-state index in [1.807, 2.05) is 6.92 Å². The van der Waals surface area contributed by atoms with Gasteiger partial charge >= 0.3 is 5.82 Å². The van der Waals surface area contributed by atoms with E-state index in [9.17, 15) is 14.9 Å². The number of hydrogen-bond donors (Lipinski definition) is 0. The zero-order valence-corrected chi connectivity index (χ0v) is 8.58. The van der Waals surface area contributed by atoms with E-state index in [4.69, 9.17) is 0 Å². The summed E-state index contributed by atoms with van der Waals surface area (Å²) in [5.74, 6) is 0.402. The number of pyridine rings is 1. The number of nitro groups is 1. The van der Waals surface area contributed by atoms with E-state index < -0.39 is 4.92 Å². The third-order valence-corrected chi connectivity index (χ3v) is 2.35. The summed E-state index contributed by atoms with van der Waals surface area (Å²) in [7, 11) is 0. The van der Waals surface area contributed by atoms with E-state index in [1.165, 1.54) is 6.07 Å². The Kier molecular flexibility index (Phi) is 2.40. The van der Waals surface area contributed by atoms with Crippen molar-refractivity contribution in [3.8, 4) is 0 Å². The largest absolute Gasteiger partial charge is 0.389 e. The standard InChI is InChI=1S/C10H9N3O3/c1-2-9-11-10(13(15)16)8-5-7(6-14)3-4-12(8)9/h3-6H,2H2,1H3. The highest BCUT2D eigenvalue weighted by molar-refractivity contribution is 5.79. The summed E-state index contributed by atoms with van der Waals surface area (Å²) in [6.45, 7) is 1.87. The quantitative estimate of drug-likeness (QED) is 0.446. The second kappa shape index (κ2) is 3.73. The van der Waals surface area contributed by atoms with Crippen LogP contribution in [-0.4, -0.2) is 20.6 Å². The van der Waals surface area contributed by atoms with Gasteiger partial charge in [0.1, 0.15) is 11.8 Å². The lowest BCUT2D eigenvalue weighted by molar-refractivity contribution is -0.387. The monoisotopic (exact) mass is 219 g/mol. The molecule has 0 unspecified atom stereocenters. The molecule has 0 N–H and O–H groups in total. The van der Waals surface area contributed by atoms with Gasteiger partial charge in [-0.25, -0.2) is 0 Å². The number of carbonyl (C=O) groups excluding carboxylic acids is 1. The van der Waals surface area contributed by atoms with Crippen molar-refractivity contribution in [2.24, 2.45) is 0 Å². The van der Waals surface area contributed by atoms with Crippen LogP contribution in [0, 0.1) is 10.1 Å². The summed E-state index contributed by atoms with van der Waals surface area (Å²) in [4.78, 5) is 24.8. The number of nitrogens with zero attached hydrogens (tertiary/aromatic N) is 3. The van der Waals surface area contributed by atoms with Gasteiger partial charge in [-0.05, 0) is 22.0 Å². The molecule has 0 aliphatic carbocycles. The average Bonchev–Trinajstić information content (AvgIpc) is 2.66. The van der Waals surface area contributed by atoms with Crippen LogP contribution in [0.2, 0.25) is 0 Å². The van der Waals surface area contributed by atoms with Crippen LogP contribution in [0.1, 0.15) is 23.1 Å². The number of rotatable bonds is 3. The number of aromatic nitrogens is 2. The molecular weight excluding hydrogens is 210 g/mol. The van der Waals surface area contributed by atoms with Crippen LogP contribution >= 0.6 is 0 Å². The maximum Gasteiger partial charge on any atom is 0.389 e. The fourth-order valence-electron chi connectivity index (χ4n) is 1.60. The highest BCUT2D eigenvalue weighted by atomic mass is 16.6. The minimum atomic E-state index is -0.539. The summed E-state index contributed by atoms with van der Waals surface area (Å²) in [6.07, 6.45) is 2.87. The molecule has 0 aliphatic heterocycles. The Morgan fingerprint density at radius 2 is 2.38 bits per heavy atom. The molecule has 0 aromatic carbocycles. The number of hydrogen-bond acceptors (Lipinski definition) is 4. The van der Waals surface area contributed by atoms with Crippen LogP contribution in [0.25, 0.3) is 5.52 Å². The van der Waals surface area contributed by atoms with E-state index in [2.05, 4.69) is 4.98 Å². The highest BCUT2D eigenvalue weighted by Crippen LogP contribution is 2.21. The van der Waals surface area contributed by atoms with E-state index in [0.29, 0.717) is 29.6 Å². The molecule has 2 aromatic heterocycles. The van der Waals surface area contributed by atoms with E-state index >= 15 is 0 Å². The molecule has 0 atom stereocenters. The maximum absolute atomic E-state index is 10.8. The fraction of sp³-hybridized carbons (Fsp3) is 0.200. The van der Waals surface area contributed by atoms with E-state index in [-0.39, 0.29) is 5.82 Å². The molecule has 6 nitrogen and oxygen atoms in total. The molecule has 0 bridgehead atoms. The molecule has 6 heteroatoms. The first-order chi connectivity index (χ1) is 7.67. The molecule has 0 saturated carbocycles. The first-order valence-corrected chi connectivity index (χ1v) is 4.78. The normalized spacial score (nSPS) is 10.6. The van der Waals surface area contributed by atoms with Crippen LogP contribution in [0.15, 0.2) is 18.3 Å². The van der Waals surface area contributed by atoms with Crippen molar-refractivity contribution in [1.29, 1.82) is 0 Å². The lowest BCUT2D eigenvalue weighted by Gasteiger charge is -1.95. The number of carbonyl (C=O) groups is 1. The fourth-order valence-corrected chi connectivity index (χ4v) is 1.60. The molecule has 0 spiro atoms. The van der Waals surface area contributed by atoms with Crippen molar-refractivity contribution in [2.45, 2.75) is 13.3 Å². The molecule has 0 saturated heterocycles. The molecule has 2 heterocycles. The van der Waals surface area contributed by atoms with Crippen molar-refractivity contribution in [3.63, 3.8) is 0 Å². The summed E-state index contributed by atoms with van der Waals surface area (Å²) in [5, 5.41) is 10.8. The highest BCUT2D eigenvalue weighted by Gasteiger charge is 2.20. The second-order valence-corrected chi connectivity index (χ2v) is 3.30. The van der Waals surface area contributed by atoms with Gasteiger partial charge in [-0.3, -0.25) is 9.20 Å². The smallest absolute Gasteiger partial charge is 0.358 e. The van der Waals surface area contributed by atoms with Gasteiger partial charge in [0, 0.05) is 18.2 Å². The third-order valence-electron chi connectivity index (χ3n) is 2.35. The van der Waals surface area contributed by atoms with Gasteiger partial charge in [0.25, 0.3) is 0 Å². The number of aryl methyl sites for hydroxylation is 1. The lowest BCUT2D eigenvalue weighted by atomic mass is 10.2. The van der Waals surface area contributed by atoms with Crippen molar-refractivity contribution < 1.29 is 9.72 Å². The minimum Gasteiger partial charge on any atom is -0.358 e. The Labute approximate surface area is 90.7 Å². The van der Waals surface area contributed by atoms with Gasteiger partial charge in [-0.15, -0.1) is 0 Å². The van der Waals surface area contributed by atoms with Gasteiger partial charge in [0.05, 0.1) is 0 Å². The third kappa shape index (κ3) is 1.44. The summed E-state index contributed by atoms with van der Waals surface area (Å²) in [5.41, 5.74) is 0.754. The van der Waals surface area contributed by atoms with Gasteiger partial charge in [0.15, 0.2) is 0 Å². The molecule has 0 fully saturated rings. The predicted octanol–water partition coefficient (Wildman–Crippen LogP) is 1.62. The topological polar surface area (TPSA) is 77.5 Å². The zero-order valence-electron chi connectivity index (χ0n) is 8.58. The SMILES string of the molecule is CCc1nc([N+](=O)[O-])c2cc(C=O)ccn12. The van der Waals surface area contributed by atoms with E-state index in [1.54, 1.807) is 16.7 Å². The van der Waals surface area contributed by atoms with Crippen molar-refractivity contribution in [1.82, 2.24) is 9.38 Å². The molecule has 0 radical (unpaired) electrons. The first kappa shape index (κ1) is 10.3. The average molecular weight is 219 g/mol. The number of imidazole rings is 1. The molecule has 0 aliphatic rings. The molecule has 82 valence electrons. The van der Waals surface area contributed by atoms with Gasteiger partial charge < -0.3 is 10.1 Å². The Morgan fingerprint density at radius 3 is 2.94 bits per heavy atom. The van der Waals surface area contributed by atoms with Crippen molar-refractivity contribution in [2.75, 3.05) is 0 Å². The Balaban J connectivity index is 2.80. The van der Waals surface area contributed by atoms with Crippen molar-refractivity contribution >= 4 is 17.6 Å². The zero-order chi connectivity index (χ0) is 11.7. The Hall–Kier alpha value is -2.24. The molecular formula is C10H9N3O3. The van der Waals surface area contributed by atoms with Crippen LogP contribution in [0.4, 0.5) is 5.82 Å². The Morgan fingerprint density at radius 1 is 1.62 bits per heavy atom. The van der Waals surface area contributed by atoms with Gasteiger partial charge in [0.2, 0.25) is 5.82 Å². The Bertz CT molecular complexity index is 574. The summed E-state index contributed by atoms with van der Waals surface area (Å²) < 4.78 is 1.63. The second-order valence-electron chi connectivity index (χ2n) is 3.30. The predicted molar refractivity (Wildman–Crippen MR) is 56.6 cm³/mol. The minimum absolute atomic E-state index is 0.208. The van der Waals surface area contributed by atoms with Gasteiger partial charge in [-0.1, -0.05) is 6.92 Å². The van der Waals surface area contributed by atoms with Crippen LogP contribution in [-0.2, 0) is 6.42 Å². The number of fused-ring (bicyclic) bond motifs is 1. The molecule has 2 aromatic rings. The van der Waals surface area contributed by atoms with Crippen LogP contribution in [0.3, 0.4) is 0 Å². The first-order valence-electron chi connectivity index (χ1n) is 4.78. The molecule has 0 amide bonds. The number of aldehydes is 1. The maximum atomic E-state index is 10.8. The van der Waals surface area contributed by atoms with Gasteiger partial charge in [-0.2, -0.15) is 0 Å². The van der Waals surface area contributed by atoms with Crippen molar-refractivity contribution in [3.05, 3.63) is 39.8 Å². The lowest BCUT2D eigenvalue weighted by Crippen LogP contribution is -1.92. The van der Waals surface area contributed by atoms with Crippen LogP contribution < -0.4 is 0 Å². The summed E-state index contributed by atoms with van der Waals surface area (Å²) in [6, 6.07) is 3.07.